The number of nitrogens with zero attached hydrogens (tertiary/aromatic N) is 2. The average molecular weight is 283 g/mol. The molecule has 0 aliphatic rings. The maximum atomic E-state index is 9.12. The molecule has 21 heavy (non-hydrogen) atoms. The van der Waals surface area contributed by atoms with E-state index in [2.05, 4.69) is 36.7 Å². The molecule has 0 aliphatic heterocycles. The standard InChI is InChI=1S/C17H21N3O/c1-12(2)17(19)14-6-7-20(11-14)10-13-4-5-16(21-3)15(8-13)9-18/h4-8,11-12,17H,10,19H2,1-3H3. The Bertz CT molecular complexity index is 652. The number of ether oxygens (including phenoxy) is 1. The number of nitriles is 1. The van der Waals surface area contributed by atoms with Crippen molar-refractivity contribution in [3.8, 4) is 11.8 Å². The van der Waals surface area contributed by atoms with E-state index in [1.165, 1.54) is 0 Å². The van der Waals surface area contributed by atoms with Crippen LogP contribution in [-0.4, -0.2) is 11.7 Å². The first-order chi connectivity index (χ1) is 10.0. The van der Waals surface area contributed by atoms with Crippen LogP contribution in [0.5, 0.6) is 5.75 Å². The van der Waals surface area contributed by atoms with Gasteiger partial charge in [-0.3, -0.25) is 0 Å². The molecular weight excluding hydrogens is 262 g/mol. The largest absolute Gasteiger partial charge is 0.495 e. The number of nitrogens with two attached hydrogens (primary N) is 1. The first-order valence-electron chi connectivity index (χ1n) is 7.03. The lowest BCUT2D eigenvalue weighted by molar-refractivity contribution is 0.413. The maximum Gasteiger partial charge on any atom is 0.136 e. The highest BCUT2D eigenvalue weighted by Crippen LogP contribution is 2.21. The van der Waals surface area contributed by atoms with Gasteiger partial charge in [-0.2, -0.15) is 5.26 Å². The summed E-state index contributed by atoms with van der Waals surface area (Å²) in [6.45, 7) is 4.94. The molecule has 0 saturated heterocycles. The predicted octanol–water partition coefficient (Wildman–Crippen LogP) is 3.07. The lowest BCUT2D eigenvalue weighted by Gasteiger charge is -2.13. The molecule has 0 amide bonds. The predicted molar refractivity (Wildman–Crippen MR) is 83.0 cm³/mol. The summed E-state index contributed by atoms with van der Waals surface area (Å²) < 4.78 is 7.24. The SMILES string of the molecule is COc1ccc(Cn2ccc(C(N)C(C)C)c2)cc1C#N. The van der Waals surface area contributed by atoms with Crippen molar-refractivity contribution in [2.24, 2.45) is 11.7 Å². The third kappa shape index (κ3) is 3.45. The molecular formula is C17H21N3O. The number of hydrogen-bond donors (Lipinski definition) is 1. The molecule has 4 heteroatoms. The first kappa shape index (κ1) is 15.1. The molecule has 2 aromatic rings. The molecule has 0 radical (unpaired) electrons. The number of methoxy groups -OCH3 is 1. The van der Waals surface area contributed by atoms with E-state index < -0.39 is 0 Å². The summed E-state index contributed by atoms with van der Waals surface area (Å²) in [5.74, 6) is 1.02. The Morgan fingerprint density at radius 3 is 2.71 bits per heavy atom. The number of hydrogen-bond acceptors (Lipinski definition) is 3. The third-order valence-electron chi connectivity index (χ3n) is 3.63. The molecule has 0 saturated carbocycles. The second kappa shape index (κ2) is 6.47. The van der Waals surface area contributed by atoms with Crippen molar-refractivity contribution in [2.75, 3.05) is 7.11 Å². The van der Waals surface area contributed by atoms with Crippen molar-refractivity contribution in [3.63, 3.8) is 0 Å². The molecule has 2 N–H and O–H groups in total. The molecule has 110 valence electrons. The lowest BCUT2D eigenvalue weighted by atomic mass is 10.00. The van der Waals surface area contributed by atoms with Crippen LogP contribution < -0.4 is 10.5 Å². The molecule has 0 bridgehead atoms. The van der Waals surface area contributed by atoms with Gasteiger partial charge in [0.15, 0.2) is 0 Å². The number of rotatable bonds is 5. The van der Waals surface area contributed by atoms with E-state index in [9.17, 15) is 0 Å². The van der Waals surface area contributed by atoms with Crippen molar-refractivity contribution >= 4 is 0 Å². The van der Waals surface area contributed by atoms with E-state index in [1.807, 2.05) is 24.4 Å². The zero-order valence-electron chi connectivity index (χ0n) is 12.7. The van der Waals surface area contributed by atoms with Crippen LogP contribution in [0.4, 0.5) is 0 Å². The minimum atomic E-state index is 0.0526. The van der Waals surface area contributed by atoms with Gasteiger partial charge >= 0.3 is 0 Å². The van der Waals surface area contributed by atoms with Gasteiger partial charge in [-0.1, -0.05) is 19.9 Å². The lowest BCUT2D eigenvalue weighted by Crippen LogP contribution is -2.15. The highest BCUT2D eigenvalue weighted by Gasteiger charge is 2.12. The normalized spacial score (nSPS) is 12.2. The van der Waals surface area contributed by atoms with Gasteiger partial charge in [-0.05, 0) is 35.2 Å². The monoisotopic (exact) mass is 283 g/mol. The molecule has 0 fully saturated rings. The Morgan fingerprint density at radius 1 is 1.33 bits per heavy atom. The summed E-state index contributed by atoms with van der Waals surface area (Å²) >= 11 is 0. The molecule has 0 spiro atoms. The zero-order chi connectivity index (χ0) is 15.4. The van der Waals surface area contributed by atoms with Crippen LogP contribution >= 0.6 is 0 Å². The van der Waals surface area contributed by atoms with E-state index in [1.54, 1.807) is 7.11 Å². The van der Waals surface area contributed by atoms with E-state index in [0.29, 0.717) is 23.8 Å². The smallest absolute Gasteiger partial charge is 0.136 e. The van der Waals surface area contributed by atoms with Crippen LogP contribution in [0.15, 0.2) is 36.7 Å². The molecule has 1 aromatic carbocycles. The Balaban J connectivity index is 2.17. The van der Waals surface area contributed by atoms with Gasteiger partial charge in [0.25, 0.3) is 0 Å². The summed E-state index contributed by atoms with van der Waals surface area (Å²) in [6.07, 6.45) is 4.09. The summed E-state index contributed by atoms with van der Waals surface area (Å²) in [4.78, 5) is 0. The molecule has 0 aliphatic carbocycles. The Hall–Kier alpha value is -2.25. The van der Waals surface area contributed by atoms with Crippen molar-refractivity contribution in [2.45, 2.75) is 26.4 Å². The van der Waals surface area contributed by atoms with Gasteiger partial charge in [0, 0.05) is 25.0 Å². The van der Waals surface area contributed by atoms with Crippen molar-refractivity contribution in [1.82, 2.24) is 4.57 Å². The van der Waals surface area contributed by atoms with Crippen molar-refractivity contribution < 1.29 is 4.74 Å². The van der Waals surface area contributed by atoms with E-state index >= 15 is 0 Å². The van der Waals surface area contributed by atoms with Crippen LogP contribution in [0.1, 0.15) is 36.6 Å². The quantitative estimate of drug-likeness (QED) is 0.917. The maximum absolute atomic E-state index is 9.12. The topological polar surface area (TPSA) is 64.0 Å². The van der Waals surface area contributed by atoms with Crippen LogP contribution in [0, 0.1) is 17.2 Å². The molecule has 1 heterocycles. The summed E-state index contributed by atoms with van der Waals surface area (Å²) in [5.41, 5.74) is 8.91. The van der Waals surface area contributed by atoms with Crippen molar-refractivity contribution in [3.05, 3.63) is 53.3 Å². The zero-order valence-corrected chi connectivity index (χ0v) is 12.7. The second-order valence-corrected chi connectivity index (χ2v) is 5.53. The first-order valence-corrected chi connectivity index (χ1v) is 7.03. The summed E-state index contributed by atoms with van der Waals surface area (Å²) in [7, 11) is 1.57. The fraction of sp³-hybridized carbons (Fsp3) is 0.353. The molecule has 1 atom stereocenters. The Labute approximate surface area is 125 Å². The second-order valence-electron chi connectivity index (χ2n) is 5.53. The fourth-order valence-corrected chi connectivity index (χ4v) is 2.29. The highest BCUT2D eigenvalue weighted by molar-refractivity contribution is 5.45. The van der Waals surface area contributed by atoms with Crippen LogP contribution in [-0.2, 0) is 6.54 Å². The number of benzene rings is 1. The van der Waals surface area contributed by atoms with Gasteiger partial charge in [0.2, 0.25) is 0 Å². The highest BCUT2D eigenvalue weighted by atomic mass is 16.5. The summed E-state index contributed by atoms with van der Waals surface area (Å²) in [6, 6.07) is 9.93. The third-order valence-corrected chi connectivity index (χ3v) is 3.63. The summed E-state index contributed by atoms with van der Waals surface area (Å²) in [5, 5.41) is 9.12. The molecule has 2 rings (SSSR count). The van der Waals surface area contributed by atoms with Gasteiger partial charge in [0.05, 0.1) is 12.7 Å². The Kier molecular flexibility index (Phi) is 4.66. The fourth-order valence-electron chi connectivity index (χ4n) is 2.29. The molecule has 1 unspecified atom stereocenters. The van der Waals surface area contributed by atoms with Gasteiger partial charge in [-0.15, -0.1) is 0 Å². The van der Waals surface area contributed by atoms with Crippen LogP contribution in [0.2, 0.25) is 0 Å². The van der Waals surface area contributed by atoms with E-state index in [0.717, 1.165) is 11.1 Å². The minimum Gasteiger partial charge on any atom is -0.495 e. The van der Waals surface area contributed by atoms with Crippen LogP contribution in [0.25, 0.3) is 0 Å². The minimum absolute atomic E-state index is 0.0526. The number of aromatic nitrogens is 1. The van der Waals surface area contributed by atoms with Crippen molar-refractivity contribution in [1.29, 1.82) is 5.26 Å². The Morgan fingerprint density at radius 2 is 2.10 bits per heavy atom. The van der Waals surface area contributed by atoms with E-state index in [-0.39, 0.29) is 6.04 Å². The average Bonchev–Trinajstić information content (AvgIpc) is 2.94. The molecule has 1 aromatic heterocycles. The van der Waals surface area contributed by atoms with Gasteiger partial charge in [-0.25, -0.2) is 0 Å². The van der Waals surface area contributed by atoms with E-state index in [4.69, 9.17) is 15.7 Å². The van der Waals surface area contributed by atoms with Crippen LogP contribution in [0.3, 0.4) is 0 Å². The molecule has 4 nitrogen and oxygen atoms in total. The van der Waals surface area contributed by atoms with Gasteiger partial charge < -0.3 is 15.0 Å². The van der Waals surface area contributed by atoms with Gasteiger partial charge in [0.1, 0.15) is 11.8 Å².